The van der Waals surface area contributed by atoms with Gasteiger partial charge in [-0.05, 0) is 0 Å². The summed E-state index contributed by atoms with van der Waals surface area (Å²) in [7, 11) is 0. The highest BCUT2D eigenvalue weighted by Crippen LogP contribution is 2.10. The standard InChI is InChI=1S/C9H14N2O5S/c12-7(13)3-11(4-8(14)15)9(16)6-5-17-2-1-10-6/h6,10H,1-5H2,(H,12,13)(H,14,15). The maximum Gasteiger partial charge on any atom is 0.323 e. The molecule has 1 amide bonds. The predicted molar refractivity (Wildman–Crippen MR) is 61.0 cm³/mol. The highest BCUT2D eigenvalue weighted by molar-refractivity contribution is 7.99. The molecule has 8 heteroatoms. The number of aliphatic carboxylic acids is 2. The van der Waals surface area contributed by atoms with E-state index in [1.54, 1.807) is 11.8 Å². The fraction of sp³-hybridized carbons (Fsp3) is 0.667. The molecule has 1 saturated heterocycles. The summed E-state index contributed by atoms with van der Waals surface area (Å²) in [6.07, 6.45) is 0. The Morgan fingerprint density at radius 3 is 2.24 bits per heavy atom. The van der Waals surface area contributed by atoms with Gasteiger partial charge in [-0.15, -0.1) is 0 Å². The van der Waals surface area contributed by atoms with Crippen LogP contribution in [0.15, 0.2) is 0 Å². The van der Waals surface area contributed by atoms with Crippen LogP contribution in [-0.4, -0.2) is 70.1 Å². The Balaban J connectivity index is 2.63. The zero-order valence-corrected chi connectivity index (χ0v) is 9.90. The second-order valence-electron chi connectivity index (χ2n) is 3.56. The van der Waals surface area contributed by atoms with Crippen molar-refractivity contribution in [3.63, 3.8) is 0 Å². The minimum absolute atomic E-state index is 0.470. The number of carboxylic acids is 2. The third-order valence-corrected chi connectivity index (χ3v) is 3.25. The quantitative estimate of drug-likeness (QED) is 0.564. The molecule has 0 aliphatic carbocycles. The molecule has 0 bridgehead atoms. The van der Waals surface area contributed by atoms with Gasteiger partial charge in [-0.2, -0.15) is 11.8 Å². The molecule has 3 N–H and O–H groups in total. The Bertz CT molecular complexity index is 301. The highest BCUT2D eigenvalue weighted by Gasteiger charge is 2.28. The molecule has 1 unspecified atom stereocenters. The van der Waals surface area contributed by atoms with E-state index < -0.39 is 37.0 Å². The Hall–Kier alpha value is -1.28. The number of hydrogen-bond donors (Lipinski definition) is 3. The SMILES string of the molecule is O=C(O)CN(CC(=O)O)C(=O)C1CSCCN1. The minimum atomic E-state index is -1.22. The van der Waals surface area contributed by atoms with Crippen LogP contribution in [0.25, 0.3) is 0 Å². The molecule has 0 radical (unpaired) electrons. The molecule has 1 fully saturated rings. The van der Waals surface area contributed by atoms with Crippen molar-refractivity contribution in [2.75, 3.05) is 31.1 Å². The smallest absolute Gasteiger partial charge is 0.323 e. The van der Waals surface area contributed by atoms with Crippen LogP contribution in [0.1, 0.15) is 0 Å². The monoisotopic (exact) mass is 262 g/mol. The summed E-state index contributed by atoms with van der Waals surface area (Å²) in [5.74, 6) is -1.48. The lowest BCUT2D eigenvalue weighted by molar-refractivity contribution is -0.150. The lowest BCUT2D eigenvalue weighted by Crippen LogP contribution is -2.52. The summed E-state index contributed by atoms with van der Waals surface area (Å²) in [6, 6.07) is -0.493. The molecule has 1 aliphatic rings. The van der Waals surface area contributed by atoms with Gasteiger partial charge in [0, 0.05) is 18.1 Å². The first-order valence-corrected chi connectivity index (χ1v) is 6.19. The maximum atomic E-state index is 11.9. The van der Waals surface area contributed by atoms with E-state index in [1.165, 1.54) is 0 Å². The van der Waals surface area contributed by atoms with Crippen LogP contribution < -0.4 is 5.32 Å². The van der Waals surface area contributed by atoms with Gasteiger partial charge in [0.15, 0.2) is 0 Å². The number of nitrogens with one attached hydrogen (secondary N) is 1. The first kappa shape index (κ1) is 13.8. The number of nitrogens with zero attached hydrogens (tertiary/aromatic N) is 1. The normalized spacial score (nSPS) is 19.6. The van der Waals surface area contributed by atoms with Gasteiger partial charge < -0.3 is 20.4 Å². The molecule has 0 aromatic heterocycles. The van der Waals surface area contributed by atoms with Crippen molar-refractivity contribution < 1.29 is 24.6 Å². The molecular formula is C9H14N2O5S. The summed E-state index contributed by atoms with van der Waals surface area (Å²) in [5, 5.41) is 20.2. The fourth-order valence-corrected chi connectivity index (χ4v) is 2.41. The molecule has 1 atom stereocenters. The average molecular weight is 262 g/mol. The van der Waals surface area contributed by atoms with Crippen LogP contribution in [-0.2, 0) is 14.4 Å². The zero-order chi connectivity index (χ0) is 12.8. The zero-order valence-electron chi connectivity index (χ0n) is 9.09. The molecule has 0 spiro atoms. The molecule has 7 nitrogen and oxygen atoms in total. The van der Waals surface area contributed by atoms with Crippen LogP contribution in [0.5, 0.6) is 0 Å². The molecule has 17 heavy (non-hydrogen) atoms. The summed E-state index contributed by atoms with van der Waals surface area (Å²) in [4.78, 5) is 33.9. The van der Waals surface area contributed by atoms with Crippen LogP contribution in [0.2, 0.25) is 0 Å². The van der Waals surface area contributed by atoms with Crippen LogP contribution >= 0.6 is 11.8 Å². The second kappa shape index (κ2) is 6.45. The summed E-state index contributed by atoms with van der Waals surface area (Å²) in [6.45, 7) is -0.517. The van der Waals surface area contributed by atoms with E-state index in [9.17, 15) is 14.4 Å². The van der Waals surface area contributed by atoms with Crippen molar-refractivity contribution in [2.45, 2.75) is 6.04 Å². The number of amides is 1. The Morgan fingerprint density at radius 1 is 1.24 bits per heavy atom. The van der Waals surface area contributed by atoms with Crippen molar-refractivity contribution in [1.82, 2.24) is 10.2 Å². The fourth-order valence-electron chi connectivity index (χ4n) is 1.48. The van der Waals surface area contributed by atoms with E-state index in [4.69, 9.17) is 10.2 Å². The molecule has 0 aromatic rings. The molecule has 0 aromatic carbocycles. The van der Waals surface area contributed by atoms with Gasteiger partial charge in [-0.25, -0.2) is 0 Å². The van der Waals surface area contributed by atoms with Gasteiger partial charge in [0.05, 0.1) is 6.04 Å². The molecule has 1 rings (SSSR count). The van der Waals surface area contributed by atoms with E-state index in [-0.39, 0.29) is 0 Å². The lowest BCUT2D eigenvalue weighted by Gasteiger charge is -2.27. The van der Waals surface area contributed by atoms with E-state index in [2.05, 4.69) is 5.32 Å². The first-order valence-electron chi connectivity index (χ1n) is 5.04. The number of hydrogen-bond acceptors (Lipinski definition) is 5. The number of carbonyl (C=O) groups excluding carboxylic acids is 1. The van der Waals surface area contributed by atoms with Crippen molar-refractivity contribution >= 4 is 29.6 Å². The molecule has 0 saturated carbocycles. The highest BCUT2D eigenvalue weighted by atomic mass is 32.2. The topological polar surface area (TPSA) is 107 Å². The molecular weight excluding hydrogens is 248 g/mol. The van der Waals surface area contributed by atoms with Gasteiger partial charge in [0.1, 0.15) is 13.1 Å². The number of carboxylic acid groups (broad SMARTS) is 2. The van der Waals surface area contributed by atoms with Crippen molar-refractivity contribution in [2.24, 2.45) is 0 Å². The number of carbonyl (C=O) groups is 3. The lowest BCUT2D eigenvalue weighted by atomic mass is 10.2. The van der Waals surface area contributed by atoms with E-state index in [0.717, 1.165) is 10.7 Å². The number of thioether (sulfide) groups is 1. The van der Waals surface area contributed by atoms with Crippen molar-refractivity contribution in [3.8, 4) is 0 Å². The number of rotatable bonds is 5. The Kier molecular flexibility index (Phi) is 5.23. The maximum absolute atomic E-state index is 11.9. The van der Waals surface area contributed by atoms with Gasteiger partial charge in [-0.3, -0.25) is 14.4 Å². The van der Waals surface area contributed by atoms with E-state index in [1.807, 2.05) is 0 Å². The predicted octanol–water partition coefficient (Wildman–Crippen LogP) is -1.31. The minimum Gasteiger partial charge on any atom is -0.480 e. The van der Waals surface area contributed by atoms with Crippen LogP contribution in [0, 0.1) is 0 Å². The van der Waals surface area contributed by atoms with E-state index >= 15 is 0 Å². The summed E-state index contributed by atoms with van der Waals surface area (Å²) < 4.78 is 0. The largest absolute Gasteiger partial charge is 0.480 e. The van der Waals surface area contributed by atoms with Crippen molar-refractivity contribution in [3.05, 3.63) is 0 Å². The van der Waals surface area contributed by atoms with Gasteiger partial charge in [0.2, 0.25) is 5.91 Å². The average Bonchev–Trinajstić information content (AvgIpc) is 2.27. The molecule has 1 aliphatic heterocycles. The van der Waals surface area contributed by atoms with Gasteiger partial charge in [-0.1, -0.05) is 0 Å². The van der Waals surface area contributed by atoms with Crippen LogP contribution in [0.3, 0.4) is 0 Å². The van der Waals surface area contributed by atoms with E-state index in [0.29, 0.717) is 12.3 Å². The first-order chi connectivity index (χ1) is 8.00. The Labute approximate surface area is 102 Å². The Morgan fingerprint density at radius 2 is 1.82 bits per heavy atom. The molecule has 96 valence electrons. The van der Waals surface area contributed by atoms with Crippen molar-refractivity contribution in [1.29, 1.82) is 0 Å². The summed E-state index contributed by atoms with van der Waals surface area (Å²) in [5.41, 5.74) is 0. The molecule has 1 heterocycles. The third-order valence-electron chi connectivity index (χ3n) is 2.18. The summed E-state index contributed by atoms with van der Waals surface area (Å²) >= 11 is 1.58. The van der Waals surface area contributed by atoms with Crippen LogP contribution in [0.4, 0.5) is 0 Å². The van der Waals surface area contributed by atoms with Gasteiger partial charge >= 0.3 is 11.9 Å². The van der Waals surface area contributed by atoms with Gasteiger partial charge in [0.25, 0.3) is 0 Å². The second-order valence-corrected chi connectivity index (χ2v) is 4.71. The third kappa shape index (κ3) is 4.61.